The highest BCUT2D eigenvalue weighted by atomic mass is 32.1. The second-order valence-electron chi connectivity index (χ2n) is 5.94. The summed E-state index contributed by atoms with van der Waals surface area (Å²) >= 11 is 1.40. The maximum absolute atomic E-state index is 13.1. The molecule has 0 aliphatic heterocycles. The molecule has 0 N–H and O–H groups in total. The molecule has 0 aliphatic rings. The zero-order valence-corrected chi connectivity index (χ0v) is 15.6. The summed E-state index contributed by atoms with van der Waals surface area (Å²) in [5, 5.41) is 4.61. The number of rotatable bonds is 5. The molecule has 2 aromatic heterocycles. The van der Waals surface area contributed by atoms with Crippen LogP contribution in [0, 0.1) is 5.82 Å². The Kier molecular flexibility index (Phi) is 4.74. The van der Waals surface area contributed by atoms with Gasteiger partial charge in [-0.25, -0.2) is 14.2 Å². The zero-order chi connectivity index (χ0) is 19.7. The summed E-state index contributed by atoms with van der Waals surface area (Å²) in [6.45, 7) is 1.95. The van der Waals surface area contributed by atoms with Crippen molar-refractivity contribution < 1.29 is 13.6 Å². The molecule has 9 heteroatoms. The molecule has 7 nitrogen and oxygen atoms in total. The van der Waals surface area contributed by atoms with Crippen LogP contribution in [0.4, 0.5) is 9.52 Å². The van der Waals surface area contributed by atoms with Crippen molar-refractivity contribution in [2.45, 2.75) is 13.5 Å². The molecule has 28 heavy (non-hydrogen) atoms. The van der Waals surface area contributed by atoms with E-state index in [1.807, 2.05) is 31.2 Å². The highest BCUT2D eigenvalue weighted by molar-refractivity contribution is 7.22. The van der Waals surface area contributed by atoms with Crippen molar-refractivity contribution in [3.05, 3.63) is 64.9 Å². The third-order valence-electron chi connectivity index (χ3n) is 4.11. The second kappa shape index (κ2) is 7.35. The second-order valence-corrected chi connectivity index (χ2v) is 6.95. The minimum Gasteiger partial charge on any atom is -0.388 e. The SMILES string of the molecule is CCN(C(=O)Cn1nc(-c2ccc(F)cc2)oc1=O)c1nc2ccccc2s1. The van der Waals surface area contributed by atoms with Gasteiger partial charge in [0.1, 0.15) is 12.4 Å². The summed E-state index contributed by atoms with van der Waals surface area (Å²) < 4.78 is 20.1. The van der Waals surface area contributed by atoms with Gasteiger partial charge in [0.15, 0.2) is 5.13 Å². The van der Waals surface area contributed by atoms with Crippen molar-refractivity contribution >= 4 is 32.6 Å². The summed E-state index contributed by atoms with van der Waals surface area (Å²) in [6, 6.07) is 13.0. The largest absolute Gasteiger partial charge is 0.437 e. The Hall–Kier alpha value is -3.33. The van der Waals surface area contributed by atoms with Gasteiger partial charge in [-0.2, -0.15) is 4.68 Å². The third kappa shape index (κ3) is 3.44. The Morgan fingerprint density at radius 1 is 1.21 bits per heavy atom. The molecular formula is C19H15FN4O3S. The lowest BCUT2D eigenvalue weighted by Crippen LogP contribution is -2.36. The fourth-order valence-electron chi connectivity index (χ4n) is 2.72. The van der Waals surface area contributed by atoms with Gasteiger partial charge in [-0.3, -0.25) is 9.69 Å². The summed E-state index contributed by atoms with van der Waals surface area (Å²) in [6.07, 6.45) is 0. The molecule has 142 valence electrons. The molecule has 2 aromatic carbocycles. The van der Waals surface area contributed by atoms with Gasteiger partial charge in [0.2, 0.25) is 5.89 Å². The average Bonchev–Trinajstić information content (AvgIpc) is 3.26. The van der Waals surface area contributed by atoms with E-state index in [4.69, 9.17) is 4.42 Å². The molecule has 0 radical (unpaired) electrons. The van der Waals surface area contributed by atoms with Crippen LogP contribution in [0.5, 0.6) is 0 Å². The Labute approximate surface area is 162 Å². The van der Waals surface area contributed by atoms with E-state index in [1.54, 1.807) is 0 Å². The number of amides is 1. The molecule has 2 heterocycles. The number of benzene rings is 2. The van der Waals surface area contributed by atoms with Crippen LogP contribution < -0.4 is 10.7 Å². The van der Waals surface area contributed by atoms with Crippen molar-refractivity contribution in [3.8, 4) is 11.5 Å². The maximum atomic E-state index is 13.1. The zero-order valence-electron chi connectivity index (χ0n) is 14.8. The lowest BCUT2D eigenvalue weighted by Gasteiger charge is -2.16. The highest BCUT2D eigenvalue weighted by Crippen LogP contribution is 2.28. The van der Waals surface area contributed by atoms with Gasteiger partial charge in [0, 0.05) is 12.1 Å². The fraction of sp³-hybridized carbons (Fsp3) is 0.158. The van der Waals surface area contributed by atoms with Gasteiger partial charge in [-0.1, -0.05) is 23.5 Å². The molecule has 0 unspecified atom stereocenters. The Morgan fingerprint density at radius 3 is 2.68 bits per heavy atom. The van der Waals surface area contributed by atoms with Crippen LogP contribution in [0.3, 0.4) is 0 Å². The van der Waals surface area contributed by atoms with Crippen LogP contribution in [0.2, 0.25) is 0 Å². The fourth-order valence-corrected chi connectivity index (χ4v) is 3.77. The van der Waals surface area contributed by atoms with Crippen molar-refractivity contribution in [1.29, 1.82) is 0 Å². The van der Waals surface area contributed by atoms with E-state index in [-0.39, 0.29) is 18.3 Å². The molecule has 4 rings (SSSR count). The highest BCUT2D eigenvalue weighted by Gasteiger charge is 2.21. The number of para-hydroxylation sites is 1. The summed E-state index contributed by atoms with van der Waals surface area (Å²) in [5.74, 6) is -1.47. The van der Waals surface area contributed by atoms with Crippen molar-refractivity contribution in [2.75, 3.05) is 11.4 Å². The van der Waals surface area contributed by atoms with Crippen LogP contribution in [0.15, 0.2) is 57.7 Å². The lowest BCUT2D eigenvalue weighted by atomic mass is 10.2. The first-order valence-corrected chi connectivity index (χ1v) is 9.36. The minimum atomic E-state index is -0.756. The number of nitrogens with zero attached hydrogens (tertiary/aromatic N) is 4. The van der Waals surface area contributed by atoms with Gasteiger partial charge in [-0.15, -0.1) is 5.10 Å². The molecule has 0 fully saturated rings. The molecule has 0 saturated heterocycles. The van der Waals surface area contributed by atoms with Gasteiger partial charge in [-0.05, 0) is 43.3 Å². The van der Waals surface area contributed by atoms with Crippen molar-refractivity contribution in [3.63, 3.8) is 0 Å². The van der Waals surface area contributed by atoms with E-state index in [0.29, 0.717) is 17.2 Å². The number of thiazole rings is 1. The number of likely N-dealkylation sites (N-methyl/N-ethyl adjacent to an activating group) is 1. The van der Waals surface area contributed by atoms with Crippen molar-refractivity contribution in [1.82, 2.24) is 14.8 Å². The predicted octanol–water partition coefficient (Wildman–Crippen LogP) is 3.31. The first-order chi connectivity index (χ1) is 13.5. The monoisotopic (exact) mass is 398 g/mol. The Bertz CT molecular complexity index is 1160. The van der Waals surface area contributed by atoms with E-state index >= 15 is 0 Å². The first-order valence-electron chi connectivity index (χ1n) is 8.55. The molecule has 0 saturated carbocycles. The molecular weight excluding hydrogens is 383 g/mol. The number of carbonyl (C=O) groups is 1. The lowest BCUT2D eigenvalue weighted by molar-refractivity contribution is -0.119. The van der Waals surface area contributed by atoms with E-state index in [1.165, 1.54) is 40.5 Å². The molecule has 4 aromatic rings. The Balaban J connectivity index is 1.58. The normalized spacial score (nSPS) is 11.1. The van der Waals surface area contributed by atoms with Crippen LogP contribution >= 0.6 is 11.3 Å². The Morgan fingerprint density at radius 2 is 1.96 bits per heavy atom. The van der Waals surface area contributed by atoms with E-state index in [9.17, 15) is 14.0 Å². The van der Waals surface area contributed by atoms with Crippen LogP contribution in [-0.4, -0.2) is 27.2 Å². The average molecular weight is 398 g/mol. The quantitative estimate of drug-likeness (QED) is 0.515. The number of halogens is 1. The van der Waals surface area contributed by atoms with E-state index in [2.05, 4.69) is 10.1 Å². The van der Waals surface area contributed by atoms with Gasteiger partial charge in [0.05, 0.1) is 10.2 Å². The van der Waals surface area contributed by atoms with Gasteiger partial charge < -0.3 is 4.42 Å². The smallest absolute Gasteiger partial charge is 0.388 e. The van der Waals surface area contributed by atoms with Crippen LogP contribution in [0.1, 0.15) is 6.92 Å². The number of aromatic nitrogens is 3. The number of carbonyl (C=O) groups excluding carboxylic acids is 1. The maximum Gasteiger partial charge on any atom is 0.437 e. The van der Waals surface area contributed by atoms with Gasteiger partial charge in [0.25, 0.3) is 5.91 Å². The molecule has 0 spiro atoms. The van der Waals surface area contributed by atoms with Crippen LogP contribution in [-0.2, 0) is 11.3 Å². The van der Waals surface area contributed by atoms with Crippen LogP contribution in [0.25, 0.3) is 21.7 Å². The number of anilines is 1. The number of hydrogen-bond donors (Lipinski definition) is 0. The third-order valence-corrected chi connectivity index (χ3v) is 5.17. The summed E-state index contributed by atoms with van der Waals surface area (Å²) in [4.78, 5) is 30.8. The number of fused-ring (bicyclic) bond motifs is 1. The van der Waals surface area contributed by atoms with E-state index in [0.717, 1.165) is 14.9 Å². The van der Waals surface area contributed by atoms with E-state index < -0.39 is 11.6 Å². The number of hydrogen-bond acceptors (Lipinski definition) is 6. The van der Waals surface area contributed by atoms with Crippen molar-refractivity contribution in [2.24, 2.45) is 0 Å². The molecule has 0 bridgehead atoms. The summed E-state index contributed by atoms with van der Waals surface area (Å²) in [7, 11) is 0. The summed E-state index contributed by atoms with van der Waals surface area (Å²) in [5.41, 5.74) is 1.26. The first kappa shape index (κ1) is 18.1. The predicted molar refractivity (Wildman–Crippen MR) is 104 cm³/mol. The molecule has 0 atom stereocenters. The minimum absolute atomic E-state index is 0.0286. The topological polar surface area (TPSA) is 81.2 Å². The standard InChI is InChI=1S/C19H15FN4O3S/c1-2-23(18-21-14-5-3-4-6-15(14)28-18)16(25)11-24-19(26)27-17(22-24)12-7-9-13(20)10-8-12/h3-10H,2,11H2,1H3. The van der Waals surface area contributed by atoms with Gasteiger partial charge >= 0.3 is 5.76 Å². The molecule has 0 aliphatic carbocycles. The molecule has 1 amide bonds.